The number of rotatable bonds is 4. The van der Waals surface area contributed by atoms with E-state index in [1.807, 2.05) is 25.1 Å². The zero-order valence-electron chi connectivity index (χ0n) is 11.0. The summed E-state index contributed by atoms with van der Waals surface area (Å²) in [5, 5.41) is 3.58. The molecule has 1 N–H and O–H groups in total. The second-order valence-corrected chi connectivity index (χ2v) is 5.92. The average Bonchev–Trinajstić information content (AvgIpc) is 2.97. The second kappa shape index (κ2) is 4.81. The molecule has 1 aliphatic rings. The number of aromatic nitrogens is 1. The van der Waals surface area contributed by atoms with Crippen LogP contribution in [0.5, 0.6) is 5.75 Å². The lowest BCUT2D eigenvalue weighted by molar-refractivity contribution is -0.117. The maximum Gasteiger partial charge on any atom is 0.229 e. The average molecular weight is 276 g/mol. The van der Waals surface area contributed by atoms with E-state index in [-0.39, 0.29) is 11.8 Å². The summed E-state index contributed by atoms with van der Waals surface area (Å²) in [4.78, 5) is 16.3. The summed E-state index contributed by atoms with van der Waals surface area (Å²) in [6.45, 7) is 4.70. The van der Waals surface area contributed by atoms with Crippen LogP contribution in [0.2, 0.25) is 0 Å². The highest BCUT2D eigenvalue weighted by atomic mass is 32.1. The van der Waals surface area contributed by atoms with Crippen LogP contribution >= 0.6 is 11.3 Å². The summed E-state index contributed by atoms with van der Waals surface area (Å²) < 4.78 is 6.49. The van der Waals surface area contributed by atoms with Crippen LogP contribution < -0.4 is 10.1 Å². The van der Waals surface area contributed by atoms with Crippen molar-refractivity contribution in [3.05, 3.63) is 18.2 Å². The summed E-state index contributed by atoms with van der Waals surface area (Å²) >= 11 is 1.49. The van der Waals surface area contributed by atoms with E-state index < -0.39 is 0 Å². The van der Waals surface area contributed by atoms with E-state index in [9.17, 15) is 4.79 Å². The Bertz CT molecular complexity index is 623. The zero-order chi connectivity index (χ0) is 13.4. The molecule has 1 aromatic heterocycles. The maximum absolute atomic E-state index is 11.9. The lowest BCUT2D eigenvalue weighted by atomic mass is 10.3. The highest BCUT2D eigenvalue weighted by Gasteiger charge is 2.39. The van der Waals surface area contributed by atoms with Crippen molar-refractivity contribution >= 4 is 32.6 Å². The molecule has 2 aromatic rings. The van der Waals surface area contributed by atoms with Gasteiger partial charge in [-0.2, -0.15) is 0 Å². The Hall–Kier alpha value is -1.62. The van der Waals surface area contributed by atoms with E-state index in [2.05, 4.69) is 17.2 Å². The molecular formula is C14H16N2O2S. The van der Waals surface area contributed by atoms with Crippen LogP contribution in [0, 0.1) is 11.8 Å². The van der Waals surface area contributed by atoms with Crippen LogP contribution in [0.15, 0.2) is 18.2 Å². The van der Waals surface area contributed by atoms with Crippen LogP contribution in [-0.2, 0) is 4.79 Å². The molecule has 1 aliphatic carbocycles. The van der Waals surface area contributed by atoms with Crippen molar-refractivity contribution in [1.82, 2.24) is 4.98 Å². The number of carbonyl (C=O) groups excluding carboxylic acids is 1. The lowest BCUT2D eigenvalue weighted by Crippen LogP contribution is -2.14. The molecule has 2 atom stereocenters. The molecule has 1 fully saturated rings. The molecule has 0 radical (unpaired) electrons. The molecule has 1 heterocycles. The van der Waals surface area contributed by atoms with Crippen molar-refractivity contribution < 1.29 is 9.53 Å². The normalized spacial score (nSPS) is 21.4. The van der Waals surface area contributed by atoms with Crippen molar-refractivity contribution in [2.24, 2.45) is 11.8 Å². The Morgan fingerprint density at radius 2 is 2.37 bits per heavy atom. The fourth-order valence-electron chi connectivity index (χ4n) is 2.10. The van der Waals surface area contributed by atoms with E-state index in [0.717, 1.165) is 22.4 Å². The molecule has 0 spiro atoms. The number of amides is 1. The molecule has 1 amide bonds. The molecule has 5 heteroatoms. The first kappa shape index (κ1) is 12.4. The molecular weight excluding hydrogens is 260 g/mol. The predicted molar refractivity (Wildman–Crippen MR) is 76.7 cm³/mol. The van der Waals surface area contributed by atoms with Gasteiger partial charge < -0.3 is 10.1 Å². The quantitative estimate of drug-likeness (QED) is 0.932. The molecule has 19 heavy (non-hydrogen) atoms. The van der Waals surface area contributed by atoms with Gasteiger partial charge in [0, 0.05) is 5.92 Å². The smallest absolute Gasteiger partial charge is 0.229 e. The lowest BCUT2D eigenvalue weighted by Gasteiger charge is -2.00. The Kier molecular flexibility index (Phi) is 3.14. The first-order valence-electron chi connectivity index (χ1n) is 6.51. The predicted octanol–water partition coefficient (Wildman–Crippen LogP) is 3.29. The standard InChI is InChI=1S/C14H16N2O2S/c1-3-18-9-4-5-11-12(7-9)19-14(15-11)16-13(17)10-6-8(10)2/h4-5,7-8,10H,3,6H2,1-2H3,(H,15,16,17)/t8-,10-/m0/s1. The van der Waals surface area contributed by atoms with Gasteiger partial charge in [-0.1, -0.05) is 18.3 Å². The van der Waals surface area contributed by atoms with Gasteiger partial charge in [0.15, 0.2) is 5.13 Å². The minimum atomic E-state index is 0.0941. The van der Waals surface area contributed by atoms with Crippen LogP contribution in [0.1, 0.15) is 20.3 Å². The molecule has 1 aromatic carbocycles. The minimum Gasteiger partial charge on any atom is -0.494 e. The third-order valence-electron chi connectivity index (χ3n) is 3.35. The van der Waals surface area contributed by atoms with Gasteiger partial charge in [0.2, 0.25) is 5.91 Å². The summed E-state index contributed by atoms with van der Waals surface area (Å²) in [5.74, 6) is 1.62. The van der Waals surface area contributed by atoms with E-state index in [1.165, 1.54) is 11.3 Å². The monoisotopic (exact) mass is 276 g/mol. The van der Waals surface area contributed by atoms with Crippen molar-refractivity contribution in [3.63, 3.8) is 0 Å². The summed E-state index contributed by atoms with van der Waals surface area (Å²) in [6.07, 6.45) is 0.991. The Labute approximate surface area is 115 Å². The molecule has 0 bridgehead atoms. The first-order valence-corrected chi connectivity index (χ1v) is 7.33. The molecule has 0 aliphatic heterocycles. The number of ether oxygens (including phenoxy) is 1. The zero-order valence-corrected chi connectivity index (χ0v) is 11.8. The highest BCUT2D eigenvalue weighted by molar-refractivity contribution is 7.22. The number of thiazole rings is 1. The third kappa shape index (κ3) is 2.56. The number of carbonyl (C=O) groups is 1. The maximum atomic E-state index is 11.9. The van der Waals surface area contributed by atoms with Crippen molar-refractivity contribution in [1.29, 1.82) is 0 Å². The fraction of sp³-hybridized carbons (Fsp3) is 0.429. The van der Waals surface area contributed by atoms with Gasteiger partial charge in [-0.15, -0.1) is 0 Å². The summed E-state index contributed by atoms with van der Waals surface area (Å²) in [7, 11) is 0. The SMILES string of the molecule is CCOc1ccc2nc(NC(=O)[C@H]3C[C@@H]3C)sc2c1. The third-order valence-corrected chi connectivity index (χ3v) is 4.28. The molecule has 0 saturated heterocycles. The number of benzene rings is 1. The number of hydrogen-bond donors (Lipinski definition) is 1. The Balaban J connectivity index is 1.79. The first-order chi connectivity index (χ1) is 9.17. The van der Waals surface area contributed by atoms with Crippen LogP contribution in [0.4, 0.5) is 5.13 Å². The molecule has 3 rings (SSSR count). The van der Waals surface area contributed by atoms with Gasteiger partial charge in [0.25, 0.3) is 0 Å². The summed E-state index contributed by atoms with van der Waals surface area (Å²) in [6, 6.07) is 5.79. The highest BCUT2D eigenvalue weighted by Crippen LogP contribution is 2.39. The van der Waals surface area contributed by atoms with Crippen LogP contribution in [0.25, 0.3) is 10.2 Å². The van der Waals surface area contributed by atoms with E-state index in [4.69, 9.17) is 4.74 Å². The van der Waals surface area contributed by atoms with E-state index >= 15 is 0 Å². The van der Waals surface area contributed by atoms with Gasteiger partial charge in [-0.25, -0.2) is 4.98 Å². The molecule has 1 saturated carbocycles. The molecule has 100 valence electrons. The number of hydrogen-bond acceptors (Lipinski definition) is 4. The molecule has 0 unspecified atom stereocenters. The second-order valence-electron chi connectivity index (χ2n) is 4.89. The number of nitrogens with zero attached hydrogens (tertiary/aromatic N) is 1. The Morgan fingerprint density at radius 3 is 3.05 bits per heavy atom. The topological polar surface area (TPSA) is 51.2 Å². The Morgan fingerprint density at radius 1 is 1.58 bits per heavy atom. The summed E-state index contributed by atoms with van der Waals surface area (Å²) in [5.41, 5.74) is 0.896. The van der Waals surface area contributed by atoms with Crippen LogP contribution in [-0.4, -0.2) is 17.5 Å². The van der Waals surface area contributed by atoms with Gasteiger partial charge >= 0.3 is 0 Å². The van der Waals surface area contributed by atoms with Crippen molar-refractivity contribution in [2.75, 3.05) is 11.9 Å². The van der Waals surface area contributed by atoms with E-state index in [1.54, 1.807) is 0 Å². The number of anilines is 1. The van der Waals surface area contributed by atoms with Gasteiger partial charge in [0.05, 0.1) is 16.8 Å². The van der Waals surface area contributed by atoms with Crippen molar-refractivity contribution in [3.8, 4) is 5.75 Å². The number of nitrogens with one attached hydrogen (secondary N) is 1. The van der Waals surface area contributed by atoms with Gasteiger partial charge in [-0.3, -0.25) is 4.79 Å². The van der Waals surface area contributed by atoms with Gasteiger partial charge in [-0.05, 0) is 37.5 Å². The van der Waals surface area contributed by atoms with E-state index in [0.29, 0.717) is 17.7 Å². The fourth-order valence-corrected chi connectivity index (χ4v) is 3.00. The van der Waals surface area contributed by atoms with Crippen LogP contribution in [0.3, 0.4) is 0 Å². The van der Waals surface area contributed by atoms with Crippen molar-refractivity contribution in [2.45, 2.75) is 20.3 Å². The largest absolute Gasteiger partial charge is 0.494 e. The molecule has 4 nitrogen and oxygen atoms in total. The number of fused-ring (bicyclic) bond motifs is 1. The minimum absolute atomic E-state index is 0.0941. The van der Waals surface area contributed by atoms with Gasteiger partial charge in [0.1, 0.15) is 5.75 Å².